The number of anilines is 2. The highest BCUT2D eigenvalue weighted by molar-refractivity contribution is 6.06. The average Bonchev–Trinajstić information content (AvgIpc) is 3.03. The molecule has 5 rings (SSSR count). The number of rotatable bonds is 10. The molecule has 3 aromatic heterocycles. The van der Waals surface area contributed by atoms with E-state index < -0.39 is 18.1 Å². The van der Waals surface area contributed by atoms with Crippen molar-refractivity contribution in [2.45, 2.75) is 38.2 Å². The van der Waals surface area contributed by atoms with E-state index in [4.69, 9.17) is 0 Å². The molecule has 0 radical (unpaired) electrons. The van der Waals surface area contributed by atoms with Crippen LogP contribution < -0.4 is 15.5 Å². The van der Waals surface area contributed by atoms with E-state index in [0.29, 0.717) is 48.0 Å². The molecule has 226 valence electrons. The van der Waals surface area contributed by atoms with Gasteiger partial charge in [0, 0.05) is 75.1 Å². The molecule has 1 atom stereocenters. The van der Waals surface area contributed by atoms with E-state index in [0.717, 1.165) is 30.2 Å². The summed E-state index contributed by atoms with van der Waals surface area (Å²) < 4.78 is 39.8. The number of hydrogen-bond acceptors (Lipinski definition) is 9. The minimum Gasteiger partial charge on any atom is -0.369 e. The number of hydrogen-bond donors (Lipinski definition) is 2. The lowest BCUT2D eigenvalue weighted by Gasteiger charge is -2.36. The van der Waals surface area contributed by atoms with Gasteiger partial charge in [0.1, 0.15) is 12.1 Å². The summed E-state index contributed by atoms with van der Waals surface area (Å²) in [5.74, 6) is -0.0323. The van der Waals surface area contributed by atoms with Crippen molar-refractivity contribution in [1.82, 2.24) is 35.1 Å². The predicted molar refractivity (Wildman–Crippen MR) is 159 cm³/mol. The standard InChI is InChI=1S/C30H34F3N9O/c1-18(21-5-4-6-22-27(29(43)34-2)23(31)15-36-28(21)22)12-35-26-11-24(39-17-40-26)19-13-37-30(38-14-19)41(3)20-7-9-42(10-8-20)16-25(32)33/h4-6,11,13-15,17-18,20,25H,7-10,12,16H2,1-3H3,(H,34,43)(H,35,39,40)/t18-/m1/s1. The van der Waals surface area contributed by atoms with Gasteiger partial charge < -0.3 is 15.5 Å². The van der Waals surface area contributed by atoms with Gasteiger partial charge in [-0.3, -0.25) is 14.7 Å². The van der Waals surface area contributed by atoms with Gasteiger partial charge in [-0.1, -0.05) is 25.1 Å². The van der Waals surface area contributed by atoms with Crippen LogP contribution in [0.1, 0.15) is 41.6 Å². The Bertz CT molecular complexity index is 1560. The van der Waals surface area contributed by atoms with Gasteiger partial charge in [-0.15, -0.1) is 0 Å². The second kappa shape index (κ2) is 13.3. The Morgan fingerprint density at radius 1 is 1.09 bits per heavy atom. The highest BCUT2D eigenvalue weighted by Crippen LogP contribution is 2.28. The third-order valence-electron chi connectivity index (χ3n) is 7.87. The third kappa shape index (κ3) is 6.82. The van der Waals surface area contributed by atoms with E-state index in [1.165, 1.54) is 13.4 Å². The second-order valence-electron chi connectivity index (χ2n) is 10.7. The minimum atomic E-state index is -2.32. The van der Waals surface area contributed by atoms with Crippen LogP contribution in [0.4, 0.5) is 24.9 Å². The van der Waals surface area contributed by atoms with E-state index in [-0.39, 0.29) is 24.1 Å². The predicted octanol–water partition coefficient (Wildman–Crippen LogP) is 4.36. The van der Waals surface area contributed by atoms with Crippen molar-refractivity contribution in [3.63, 3.8) is 0 Å². The summed E-state index contributed by atoms with van der Waals surface area (Å²) in [5.41, 5.74) is 2.80. The van der Waals surface area contributed by atoms with Crippen molar-refractivity contribution in [3.8, 4) is 11.3 Å². The number of piperidine rings is 1. The SMILES string of the molecule is CNC(=O)c1c(F)cnc2c([C@H](C)CNc3cc(-c4cnc(N(C)C5CCN(CC(F)F)CC5)nc4)ncn3)cccc12. The van der Waals surface area contributed by atoms with E-state index in [9.17, 15) is 18.0 Å². The Balaban J connectivity index is 1.24. The molecule has 1 fully saturated rings. The fourth-order valence-corrected chi connectivity index (χ4v) is 5.44. The van der Waals surface area contributed by atoms with E-state index >= 15 is 0 Å². The van der Waals surface area contributed by atoms with Gasteiger partial charge in [0.05, 0.1) is 29.5 Å². The molecule has 4 aromatic rings. The highest BCUT2D eigenvalue weighted by atomic mass is 19.3. The van der Waals surface area contributed by atoms with Crippen molar-refractivity contribution in [2.75, 3.05) is 50.5 Å². The number of carbonyl (C=O) groups is 1. The molecule has 0 bridgehead atoms. The van der Waals surface area contributed by atoms with Crippen LogP contribution in [0, 0.1) is 5.82 Å². The first kappa shape index (κ1) is 30.1. The Labute approximate surface area is 247 Å². The normalized spacial score (nSPS) is 15.0. The zero-order valence-corrected chi connectivity index (χ0v) is 24.3. The van der Waals surface area contributed by atoms with Crippen molar-refractivity contribution in [2.24, 2.45) is 0 Å². The zero-order chi connectivity index (χ0) is 30.5. The summed E-state index contributed by atoms with van der Waals surface area (Å²) in [6.07, 6.45) is 5.20. The Morgan fingerprint density at radius 2 is 1.84 bits per heavy atom. The maximum absolute atomic E-state index is 14.4. The molecule has 0 saturated carbocycles. The van der Waals surface area contributed by atoms with Gasteiger partial charge in [-0.05, 0) is 18.4 Å². The van der Waals surface area contributed by atoms with Crippen molar-refractivity contribution < 1.29 is 18.0 Å². The van der Waals surface area contributed by atoms with E-state index in [1.807, 2.05) is 31.0 Å². The van der Waals surface area contributed by atoms with Gasteiger partial charge in [0.2, 0.25) is 5.95 Å². The number of likely N-dealkylation sites (tertiary alicyclic amines) is 1. The number of aromatic nitrogens is 5. The van der Waals surface area contributed by atoms with Gasteiger partial charge in [0.25, 0.3) is 12.3 Å². The quantitative estimate of drug-likeness (QED) is 0.277. The van der Waals surface area contributed by atoms with Crippen LogP contribution >= 0.6 is 0 Å². The second-order valence-corrected chi connectivity index (χ2v) is 10.7. The lowest BCUT2D eigenvalue weighted by molar-refractivity contribution is 0.0754. The average molecular weight is 594 g/mol. The monoisotopic (exact) mass is 593 g/mol. The van der Waals surface area contributed by atoms with Crippen LogP contribution in [0.3, 0.4) is 0 Å². The summed E-state index contributed by atoms with van der Waals surface area (Å²) >= 11 is 0. The summed E-state index contributed by atoms with van der Waals surface area (Å²) in [5, 5.41) is 6.28. The van der Waals surface area contributed by atoms with Gasteiger partial charge >= 0.3 is 0 Å². The van der Waals surface area contributed by atoms with Gasteiger partial charge in [-0.2, -0.15) is 0 Å². The van der Waals surface area contributed by atoms with E-state index in [1.54, 1.807) is 29.4 Å². The molecule has 10 nitrogen and oxygen atoms in total. The molecular formula is C30H34F3N9O. The van der Waals surface area contributed by atoms with Gasteiger partial charge in [0.15, 0.2) is 5.82 Å². The third-order valence-corrected chi connectivity index (χ3v) is 7.87. The Kier molecular flexibility index (Phi) is 9.29. The highest BCUT2D eigenvalue weighted by Gasteiger charge is 2.25. The lowest BCUT2D eigenvalue weighted by atomic mass is 9.96. The molecule has 1 amide bonds. The number of halogens is 3. The smallest absolute Gasteiger partial charge is 0.254 e. The van der Waals surface area contributed by atoms with Crippen LogP contribution in [0.25, 0.3) is 22.2 Å². The number of benzene rings is 1. The zero-order valence-electron chi connectivity index (χ0n) is 24.3. The maximum Gasteiger partial charge on any atom is 0.254 e. The molecular weight excluding hydrogens is 559 g/mol. The molecule has 43 heavy (non-hydrogen) atoms. The number of nitrogens with one attached hydrogen (secondary N) is 2. The Morgan fingerprint density at radius 3 is 2.53 bits per heavy atom. The molecule has 2 N–H and O–H groups in total. The fraction of sp³-hybridized carbons (Fsp3) is 0.400. The van der Waals surface area contributed by atoms with Crippen molar-refractivity contribution >= 4 is 28.6 Å². The number of nitrogens with zero attached hydrogens (tertiary/aromatic N) is 7. The van der Waals surface area contributed by atoms with Crippen LogP contribution in [-0.4, -0.2) is 88.5 Å². The fourth-order valence-electron chi connectivity index (χ4n) is 5.44. The lowest BCUT2D eigenvalue weighted by Crippen LogP contribution is -2.45. The molecule has 13 heteroatoms. The molecule has 0 unspecified atom stereocenters. The number of alkyl halides is 2. The van der Waals surface area contributed by atoms with Crippen LogP contribution in [0.2, 0.25) is 0 Å². The molecule has 0 aliphatic carbocycles. The molecule has 1 aliphatic heterocycles. The van der Waals surface area contributed by atoms with Crippen LogP contribution in [0.5, 0.6) is 0 Å². The maximum atomic E-state index is 14.4. The first-order valence-corrected chi connectivity index (χ1v) is 14.2. The first-order valence-electron chi connectivity index (χ1n) is 14.2. The molecule has 1 aliphatic rings. The van der Waals surface area contributed by atoms with Crippen LogP contribution in [0.15, 0.2) is 49.2 Å². The Hall–Kier alpha value is -4.39. The summed E-state index contributed by atoms with van der Waals surface area (Å²) in [4.78, 5) is 38.2. The first-order chi connectivity index (χ1) is 20.7. The largest absolute Gasteiger partial charge is 0.369 e. The summed E-state index contributed by atoms with van der Waals surface area (Å²) in [7, 11) is 3.39. The number of carbonyl (C=O) groups excluding carboxylic acids is 1. The van der Waals surface area contributed by atoms with Crippen molar-refractivity contribution in [1.29, 1.82) is 0 Å². The molecule has 1 aromatic carbocycles. The summed E-state index contributed by atoms with van der Waals surface area (Å²) in [6, 6.07) is 7.40. The minimum absolute atomic E-state index is 0.0235. The molecule has 4 heterocycles. The molecule has 0 spiro atoms. The number of para-hydroxylation sites is 1. The van der Waals surface area contributed by atoms with Gasteiger partial charge in [-0.25, -0.2) is 33.1 Å². The summed E-state index contributed by atoms with van der Waals surface area (Å²) in [6.45, 7) is 3.58. The van der Waals surface area contributed by atoms with Crippen molar-refractivity contribution in [3.05, 3.63) is 66.1 Å². The van der Waals surface area contributed by atoms with Crippen LogP contribution in [-0.2, 0) is 0 Å². The topological polar surface area (TPSA) is 112 Å². The number of amides is 1. The number of pyridine rings is 1. The number of fused-ring (bicyclic) bond motifs is 1. The van der Waals surface area contributed by atoms with E-state index in [2.05, 4.69) is 35.6 Å². The molecule has 1 saturated heterocycles.